The molecule has 0 aliphatic heterocycles. The van der Waals surface area contributed by atoms with E-state index >= 15 is 0 Å². The van der Waals surface area contributed by atoms with Crippen LogP contribution in [0.25, 0.3) is 0 Å². The van der Waals surface area contributed by atoms with Crippen LogP contribution in [0.4, 0.5) is 0 Å². The van der Waals surface area contributed by atoms with Gasteiger partial charge in [-0.2, -0.15) is 0 Å². The van der Waals surface area contributed by atoms with Crippen molar-refractivity contribution in [2.45, 2.75) is 12.3 Å². The summed E-state index contributed by atoms with van der Waals surface area (Å²) in [6.07, 6.45) is 0.834. The van der Waals surface area contributed by atoms with E-state index in [4.69, 9.17) is 15.2 Å². The molecule has 106 valence electrons. The molecule has 2 aromatic rings. The average molecular weight is 271 g/mol. The zero-order valence-electron chi connectivity index (χ0n) is 12.0. The number of methoxy groups -OCH3 is 2. The highest BCUT2D eigenvalue weighted by atomic mass is 16.5. The summed E-state index contributed by atoms with van der Waals surface area (Å²) in [4.78, 5) is 0. The van der Waals surface area contributed by atoms with E-state index in [1.807, 2.05) is 36.4 Å². The summed E-state index contributed by atoms with van der Waals surface area (Å²) in [5.41, 5.74) is 8.31. The average Bonchev–Trinajstić information content (AvgIpc) is 2.53. The molecular formula is C17H21NO2. The molecule has 0 aliphatic rings. The van der Waals surface area contributed by atoms with Crippen molar-refractivity contribution >= 4 is 0 Å². The quantitative estimate of drug-likeness (QED) is 0.878. The second-order valence-corrected chi connectivity index (χ2v) is 4.73. The minimum Gasteiger partial charge on any atom is -0.497 e. The van der Waals surface area contributed by atoms with Gasteiger partial charge < -0.3 is 15.2 Å². The highest BCUT2D eigenvalue weighted by Gasteiger charge is 2.14. The molecule has 0 saturated carbocycles. The number of nitrogens with two attached hydrogens (primary N) is 1. The van der Waals surface area contributed by atoms with Gasteiger partial charge in [0, 0.05) is 5.92 Å². The van der Waals surface area contributed by atoms with Crippen LogP contribution in [0.3, 0.4) is 0 Å². The SMILES string of the molecule is COc1ccc(OC)c(CC(CN)c2ccccc2)c1. The molecule has 1 unspecified atom stereocenters. The number of benzene rings is 2. The molecule has 3 heteroatoms. The van der Waals surface area contributed by atoms with Crippen LogP contribution in [-0.2, 0) is 6.42 Å². The third-order valence-corrected chi connectivity index (χ3v) is 3.51. The Morgan fingerprint density at radius 1 is 1.00 bits per heavy atom. The summed E-state index contributed by atoms with van der Waals surface area (Å²) in [7, 11) is 3.36. The van der Waals surface area contributed by atoms with Crippen LogP contribution in [0.15, 0.2) is 48.5 Å². The van der Waals surface area contributed by atoms with E-state index in [9.17, 15) is 0 Å². The number of ether oxygens (including phenoxy) is 2. The molecule has 20 heavy (non-hydrogen) atoms. The van der Waals surface area contributed by atoms with Gasteiger partial charge in [0.05, 0.1) is 14.2 Å². The van der Waals surface area contributed by atoms with Crippen molar-refractivity contribution in [3.8, 4) is 11.5 Å². The standard InChI is InChI=1S/C17H21NO2/c1-19-16-8-9-17(20-2)14(11-16)10-15(12-18)13-6-4-3-5-7-13/h3-9,11,15H,10,12,18H2,1-2H3. The Bertz CT molecular complexity index is 540. The van der Waals surface area contributed by atoms with Gasteiger partial charge in [-0.1, -0.05) is 30.3 Å². The maximum atomic E-state index is 5.94. The lowest BCUT2D eigenvalue weighted by Gasteiger charge is -2.18. The second-order valence-electron chi connectivity index (χ2n) is 4.73. The summed E-state index contributed by atoms with van der Waals surface area (Å²) in [6, 6.07) is 16.2. The van der Waals surface area contributed by atoms with Crippen molar-refractivity contribution in [3.63, 3.8) is 0 Å². The highest BCUT2D eigenvalue weighted by Crippen LogP contribution is 2.29. The highest BCUT2D eigenvalue weighted by molar-refractivity contribution is 5.41. The maximum Gasteiger partial charge on any atom is 0.122 e. The molecule has 2 aromatic carbocycles. The van der Waals surface area contributed by atoms with Crippen LogP contribution >= 0.6 is 0 Å². The Hall–Kier alpha value is -2.00. The van der Waals surface area contributed by atoms with Crippen LogP contribution in [0.1, 0.15) is 17.0 Å². The molecule has 0 aliphatic carbocycles. The van der Waals surface area contributed by atoms with Crippen LogP contribution in [0, 0.1) is 0 Å². The minimum absolute atomic E-state index is 0.275. The molecule has 0 amide bonds. The first kappa shape index (κ1) is 14.4. The molecule has 1 atom stereocenters. The van der Waals surface area contributed by atoms with E-state index in [0.29, 0.717) is 6.54 Å². The summed E-state index contributed by atoms with van der Waals surface area (Å²) in [6.45, 7) is 0.602. The normalized spacial score (nSPS) is 11.9. The fourth-order valence-corrected chi connectivity index (χ4v) is 2.37. The van der Waals surface area contributed by atoms with E-state index in [1.54, 1.807) is 14.2 Å². The lowest BCUT2D eigenvalue weighted by Crippen LogP contribution is -2.15. The summed E-state index contributed by atoms with van der Waals surface area (Å²) < 4.78 is 10.7. The van der Waals surface area contributed by atoms with Crippen molar-refractivity contribution < 1.29 is 9.47 Å². The van der Waals surface area contributed by atoms with Gasteiger partial charge in [-0.25, -0.2) is 0 Å². The Morgan fingerprint density at radius 2 is 1.75 bits per heavy atom. The molecule has 0 radical (unpaired) electrons. The zero-order valence-corrected chi connectivity index (χ0v) is 12.0. The van der Waals surface area contributed by atoms with Crippen LogP contribution in [0.2, 0.25) is 0 Å². The van der Waals surface area contributed by atoms with Gasteiger partial charge in [-0.05, 0) is 42.3 Å². The predicted octanol–water partition coefficient (Wildman–Crippen LogP) is 2.99. The van der Waals surface area contributed by atoms with Crippen molar-refractivity contribution in [3.05, 3.63) is 59.7 Å². The Kier molecular flexibility index (Phi) is 5.02. The van der Waals surface area contributed by atoms with E-state index in [-0.39, 0.29) is 5.92 Å². The second kappa shape index (κ2) is 6.96. The molecule has 0 heterocycles. The van der Waals surface area contributed by atoms with E-state index < -0.39 is 0 Å². The third kappa shape index (κ3) is 3.31. The molecule has 0 aromatic heterocycles. The van der Waals surface area contributed by atoms with Crippen LogP contribution < -0.4 is 15.2 Å². The molecule has 3 nitrogen and oxygen atoms in total. The number of rotatable bonds is 6. The molecular weight excluding hydrogens is 250 g/mol. The smallest absolute Gasteiger partial charge is 0.122 e. The Labute approximate surface area is 120 Å². The van der Waals surface area contributed by atoms with Gasteiger partial charge in [-0.15, -0.1) is 0 Å². The maximum absolute atomic E-state index is 5.94. The minimum atomic E-state index is 0.275. The Morgan fingerprint density at radius 3 is 2.35 bits per heavy atom. The molecule has 0 saturated heterocycles. The molecule has 2 rings (SSSR count). The third-order valence-electron chi connectivity index (χ3n) is 3.51. The number of hydrogen-bond donors (Lipinski definition) is 1. The van der Waals surface area contributed by atoms with Crippen molar-refractivity contribution in [2.24, 2.45) is 5.73 Å². The molecule has 0 fully saturated rings. The predicted molar refractivity (Wildman–Crippen MR) is 81.5 cm³/mol. The molecule has 2 N–H and O–H groups in total. The molecule has 0 bridgehead atoms. The Balaban J connectivity index is 2.27. The van der Waals surface area contributed by atoms with Gasteiger partial charge in [-0.3, -0.25) is 0 Å². The topological polar surface area (TPSA) is 44.5 Å². The zero-order chi connectivity index (χ0) is 14.4. The van der Waals surface area contributed by atoms with Crippen molar-refractivity contribution in [2.75, 3.05) is 20.8 Å². The van der Waals surface area contributed by atoms with Crippen molar-refractivity contribution in [1.29, 1.82) is 0 Å². The lowest BCUT2D eigenvalue weighted by molar-refractivity contribution is 0.397. The first-order valence-electron chi connectivity index (χ1n) is 6.74. The van der Waals surface area contributed by atoms with E-state index in [2.05, 4.69) is 12.1 Å². The first-order chi connectivity index (χ1) is 9.78. The fraction of sp³-hybridized carbons (Fsp3) is 0.294. The largest absolute Gasteiger partial charge is 0.497 e. The lowest BCUT2D eigenvalue weighted by atomic mass is 9.91. The fourth-order valence-electron chi connectivity index (χ4n) is 2.37. The first-order valence-corrected chi connectivity index (χ1v) is 6.74. The van der Waals surface area contributed by atoms with Gasteiger partial charge in [0.25, 0.3) is 0 Å². The summed E-state index contributed by atoms with van der Waals surface area (Å²) >= 11 is 0. The van der Waals surface area contributed by atoms with Gasteiger partial charge in [0.2, 0.25) is 0 Å². The summed E-state index contributed by atoms with van der Waals surface area (Å²) in [5.74, 6) is 1.99. The van der Waals surface area contributed by atoms with Crippen molar-refractivity contribution in [1.82, 2.24) is 0 Å². The van der Waals surface area contributed by atoms with E-state index in [1.165, 1.54) is 5.56 Å². The van der Waals surface area contributed by atoms with Gasteiger partial charge in [0.1, 0.15) is 11.5 Å². The van der Waals surface area contributed by atoms with Crippen LogP contribution in [0.5, 0.6) is 11.5 Å². The monoisotopic (exact) mass is 271 g/mol. The number of hydrogen-bond acceptors (Lipinski definition) is 3. The van der Waals surface area contributed by atoms with Crippen LogP contribution in [-0.4, -0.2) is 20.8 Å². The van der Waals surface area contributed by atoms with Gasteiger partial charge in [0.15, 0.2) is 0 Å². The van der Waals surface area contributed by atoms with E-state index in [0.717, 1.165) is 23.5 Å². The van der Waals surface area contributed by atoms with Gasteiger partial charge >= 0.3 is 0 Å². The summed E-state index contributed by atoms with van der Waals surface area (Å²) in [5, 5.41) is 0. The molecule has 0 spiro atoms.